The van der Waals surface area contributed by atoms with Gasteiger partial charge < -0.3 is 35.2 Å². The Balaban J connectivity index is 1.19. The minimum absolute atomic E-state index is 0.0901. The van der Waals surface area contributed by atoms with E-state index in [9.17, 15) is 9.59 Å². The molecule has 0 atom stereocenters. The molecule has 3 aromatic heterocycles. The molecule has 14 heteroatoms. The smallest absolute Gasteiger partial charge is 0.410 e. The van der Waals surface area contributed by atoms with Gasteiger partial charge in [0.25, 0.3) is 5.91 Å². The average molecular weight is 626 g/mol. The molecule has 2 aromatic carbocycles. The number of anilines is 4. The summed E-state index contributed by atoms with van der Waals surface area (Å²) in [6.45, 7) is 6.72. The largest absolute Gasteiger partial charge is 0.494 e. The Kier molecular flexibility index (Phi) is 8.17. The number of hydrogen-bond acceptors (Lipinski definition) is 11. The van der Waals surface area contributed by atoms with Crippen molar-refractivity contribution in [2.24, 2.45) is 5.73 Å². The molecule has 0 unspecified atom stereocenters. The fourth-order valence-corrected chi connectivity index (χ4v) is 5.23. The minimum Gasteiger partial charge on any atom is -0.494 e. The second-order valence-electron chi connectivity index (χ2n) is 11.9. The van der Waals surface area contributed by atoms with Crippen LogP contribution < -0.4 is 21.1 Å². The number of carbonyl (C=O) groups is 2. The Labute approximate surface area is 264 Å². The number of nitrogens with one attached hydrogen (secondary N) is 2. The lowest BCUT2D eigenvalue weighted by atomic mass is 10.1. The standard InChI is InChI=1S/C32H35N9O5/c1-32(2,3)46-31(43)40-14-12-20(13-15-40)41-18-19(16-35-41)36-30-34-17-22(27(33)42)28(39-30)37-24-10-7-8-21(26(24)44-4)29-38-23-9-5-6-11-25(23)45-29/h5-11,16-18,20H,12-15H2,1-4H3,(H2,33,42)(H2,34,36,37,39). The minimum atomic E-state index is -0.700. The van der Waals surface area contributed by atoms with Gasteiger partial charge in [-0.25, -0.2) is 14.8 Å². The Morgan fingerprint density at radius 3 is 2.52 bits per heavy atom. The van der Waals surface area contributed by atoms with Crippen molar-refractivity contribution in [3.05, 3.63) is 66.6 Å². The van der Waals surface area contributed by atoms with E-state index in [1.807, 2.05) is 68.0 Å². The van der Waals surface area contributed by atoms with Gasteiger partial charge >= 0.3 is 6.09 Å². The van der Waals surface area contributed by atoms with Gasteiger partial charge in [-0.3, -0.25) is 9.48 Å². The van der Waals surface area contributed by atoms with Crippen molar-refractivity contribution in [1.82, 2.24) is 29.6 Å². The zero-order valence-corrected chi connectivity index (χ0v) is 26.0. The number of benzene rings is 2. The van der Waals surface area contributed by atoms with E-state index in [2.05, 4.69) is 30.7 Å². The molecule has 5 aromatic rings. The lowest BCUT2D eigenvalue weighted by Gasteiger charge is -2.33. The number of rotatable bonds is 8. The van der Waals surface area contributed by atoms with E-state index in [-0.39, 0.29) is 29.5 Å². The van der Waals surface area contributed by atoms with Crippen LogP contribution in [0.2, 0.25) is 0 Å². The zero-order chi connectivity index (χ0) is 32.4. The number of carbonyl (C=O) groups excluding carboxylic acids is 2. The lowest BCUT2D eigenvalue weighted by Crippen LogP contribution is -2.42. The van der Waals surface area contributed by atoms with Gasteiger partial charge in [-0.05, 0) is 57.9 Å². The molecule has 0 bridgehead atoms. The summed E-state index contributed by atoms with van der Waals surface area (Å²) < 4.78 is 19.1. The maximum absolute atomic E-state index is 12.4. The predicted octanol–water partition coefficient (Wildman–Crippen LogP) is 5.65. The number of fused-ring (bicyclic) bond motifs is 1. The number of likely N-dealkylation sites (tertiary alicyclic amines) is 1. The summed E-state index contributed by atoms with van der Waals surface area (Å²) in [7, 11) is 1.54. The molecule has 4 N–H and O–H groups in total. The second-order valence-corrected chi connectivity index (χ2v) is 11.9. The van der Waals surface area contributed by atoms with E-state index in [1.165, 1.54) is 13.3 Å². The molecule has 0 aliphatic carbocycles. The predicted molar refractivity (Wildman–Crippen MR) is 171 cm³/mol. The molecule has 2 amide bonds. The molecular weight excluding hydrogens is 590 g/mol. The van der Waals surface area contributed by atoms with Crippen LogP contribution in [-0.4, -0.2) is 67.4 Å². The summed E-state index contributed by atoms with van der Waals surface area (Å²) in [4.78, 5) is 39.9. The van der Waals surface area contributed by atoms with Crippen molar-refractivity contribution in [3.8, 4) is 17.2 Å². The SMILES string of the molecule is COc1c(Nc2nc(Nc3cnn(C4CCN(C(=O)OC(C)(C)C)CC4)c3)ncc2C(N)=O)cccc1-c1nc2ccccc2o1. The quantitative estimate of drug-likeness (QED) is 0.194. The highest BCUT2D eigenvalue weighted by molar-refractivity contribution is 5.98. The number of nitrogens with two attached hydrogens (primary N) is 1. The highest BCUT2D eigenvalue weighted by Gasteiger charge is 2.28. The van der Waals surface area contributed by atoms with Crippen molar-refractivity contribution in [3.63, 3.8) is 0 Å². The van der Waals surface area contributed by atoms with Crippen molar-refractivity contribution in [2.45, 2.75) is 45.3 Å². The third-order valence-corrected chi connectivity index (χ3v) is 7.40. The van der Waals surface area contributed by atoms with Gasteiger partial charge in [-0.15, -0.1) is 0 Å². The molecule has 0 spiro atoms. The molecule has 46 heavy (non-hydrogen) atoms. The Bertz CT molecular complexity index is 1850. The molecular formula is C32H35N9O5. The monoisotopic (exact) mass is 625 g/mol. The summed E-state index contributed by atoms with van der Waals surface area (Å²) in [5.74, 6) is 0.528. The van der Waals surface area contributed by atoms with Gasteiger partial charge in [0.05, 0.1) is 36.3 Å². The van der Waals surface area contributed by atoms with Crippen LogP contribution >= 0.6 is 0 Å². The van der Waals surface area contributed by atoms with Crippen LogP contribution in [0.3, 0.4) is 0 Å². The first kappa shape index (κ1) is 30.4. The summed E-state index contributed by atoms with van der Waals surface area (Å²) >= 11 is 0. The first-order chi connectivity index (χ1) is 22.1. The third-order valence-electron chi connectivity index (χ3n) is 7.40. The number of methoxy groups -OCH3 is 1. The molecule has 0 saturated carbocycles. The second kappa shape index (κ2) is 12.4. The normalized spacial score (nSPS) is 13.9. The summed E-state index contributed by atoms with van der Waals surface area (Å²) in [5, 5.41) is 10.8. The van der Waals surface area contributed by atoms with Crippen LogP contribution in [0.5, 0.6) is 5.75 Å². The molecule has 14 nitrogen and oxygen atoms in total. The van der Waals surface area contributed by atoms with Gasteiger partial charge in [0.1, 0.15) is 22.5 Å². The number of oxazole rings is 1. The lowest BCUT2D eigenvalue weighted by molar-refractivity contribution is 0.0184. The summed E-state index contributed by atoms with van der Waals surface area (Å²) in [5.41, 5.74) is 8.37. The van der Waals surface area contributed by atoms with Crippen LogP contribution in [-0.2, 0) is 4.74 Å². The first-order valence-electron chi connectivity index (χ1n) is 14.8. The van der Waals surface area contributed by atoms with Crippen LogP contribution in [0.15, 0.2) is 65.5 Å². The van der Waals surface area contributed by atoms with Gasteiger partial charge in [0.2, 0.25) is 11.8 Å². The number of aromatic nitrogens is 5. The Morgan fingerprint density at radius 2 is 1.80 bits per heavy atom. The molecule has 4 heterocycles. The van der Waals surface area contributed by atoms with Crippen LogP contribution in [0.25, 0.3) is 22.6 Å². The first-order valence-corrected chi connectivity index (χ1v) is 14.8. The molecule has 238 valence electrons. The number of amides is 2. The van der Waals surface area contributed by atoms with E-state index in [0.29, 0.717) is 47.3 Å². The highest BCUT2D eigenvalue weighted by atomic mass is 16.6. The molecule has 1 fully saturated rings. The molecule has 1 aliphatic rings. The van der Waals surface area contributed by atoms with Crippen molar-refractivity contribution >= 4 is 46.2 Å². The Hall–Kier alpha value is -5.66. The van der Waals surface area contributed by atoms with E-state index in [1.54, 1.807) is 17.2 Å². The molecule has 6 rings (SSSR count). The number of piperidine rings is 1. The van der Waals surface area contributed by atoms with E-state index in [0.717, 1.165) is 18.4 Å². The van der Waals surface area contributed by atoms with E-state index in [4.69, 9.17) is 19.6 Å². The number of para-hydroxylation sites is 3. The van der Waals surface area contributed by atoms with E-state index < -0.39 is 11.5 Å². The van der Waals surface area contributed by atoms with Crippen LogP contribution in [0.4, 0.5) is 27.9 Å². The van der Waals surface area contributed by atoms with Crippen molar-refractivity contribution in [2.75, 3.05) is 30.8 Å². The maximum Gasteiger partial charge on any atom is 0.410 e. The third kappa shape index (κ3) is 6.55. The molecule has 0 radical (unpaired) electrons. The van der Waals surface area contributed by atoms with Gasteiger partial charge in [-0.1, -0.05) is 18.2 Å². The molecule has 1 saturated heterocycles. The van der Waals surface area contributed by atoms with Crippen LogP contribution in [0, 0.1) is 0 Å². The number of ether oxygens (including phenoxy) is 2. The van der Waals surface area contributed by atoms with Gasteiger partial charge in [0, 0.05) is 25.5 Å². The molecule has 1 aliphatic heterocycles. The average Bonchev–Trinajstić information content (AvgIpc) is 3.67. The van der Waals surface area contributed by atoms with Gasteiger partial charge in [-0.2, -0.15) is 10.1 Å². The Morgan fingerprint density at radius 1 is 1.02 bits per heavy atom. The highest BCUT2D eigenvalue weighted by Crippen LogP contribution is 2.39. The fraction of sp³-hybridized carbons (Fsp3) is 0.312. The van der Waals surface area contributed by atoms with Crippen LogP contribution in [0.1, 0.15) is 50.0 Å². The van der Waals surface area contributed by atoms with Gasteiger partial charge in [0.15, 0.2) is 11.3 Å². The topological polar surface area (TPSA) is 176 Å². The van der Waals surface area contributed by atoms with Crippen molar-refractivity contribution < 1.29 is 23.5 Å². The summed E-state index contributed by atoms with van der Waals surface area (Å²) in [6, 6.07) is 13.0. The number of primary amides is 1. The number of hydrogen-bond donors (Lipinski definition) is 3. The zero-order valence-electron chi connectivity index (χ0n) is 26.0. The summed E-state index contributed by atoms with van der Waals surface area (Å²) in [6.07, 6.45) is 6.06. The maximum atomic E-state index is 12.4. The number of nitrogens with zero attached hydrogens (tertiary/aromatic N) is 6. The fourth-order valence-electron chi connectivity index (χ4n) is 5.23. The van der Waals surface area contributed by atoms with Crippen molar-refractivity contribution in [1.29, 1.82) is 0 Å². The van der Waals surface area contributed by atoms with E-state index >= 15 is 0 Å².